The molecule has 0 saturated heterocycles. The Kier molecular flexibility index (Phi) is 38.9. The van der Waals surface area contributed by atoms with Crippen LogP contribution >= 0.6 is 0 Å². The number of carboxylic acid groups (broad SMARTS) is 2. The molecule has 0 amide bonds. The Labute approximate surface area is 202 Å². The van der Waals surface area contributed by atoms with Crippen molar-refractivity contribution < 1.29 is 46.8 Å². The van der Waals surface area contributed by atoms with Gasteiger partial charge in [0.1, 0.15) is 0 Å². The van der Waals surface area contributed by atoms with Crippen LogP contribution in [-0.2, 0) is 36.6 Å². The van der Waals surface area contributed by atoms with Crippen molar-refractivity contribution in [3.05, 3.63) is 0 Å². The van der Waals surface area contributed by atoms with Crippen molar-refractivity contribution >= 4 is 11.9 Å². The van der Waals surface area contributed by atoms with E-state index in [-0.39, 0.29) is 12.8 Å². The molecular formula is C24H48NbO6. The third-order valence-electron chi connectivity index (χ3n) is 4.25. The number of carbonyl (C=O) groups excluding carboxylic acids is 2. The molecule has 185 valence electrons. The van der Waals surface area contributed by atoms with E-state index in [1.165, 1.54) is 51.4 Å². The number of aliphatic carboxylic acids is 2. The molecule has 0 rings (SSSR count). The molecule has 0 aliphatic rings. The van der Waals surface area contributed by atoms with Crippen LogP contribution in [0.15, 0.2) is 0 Å². The van der Waals surface area contributed by atoms with Gasteiger partial charge in [-0.05, 0) is 25.7 Å². The van der Waals surface area contributed by atoms with Gasteiger partial charge in [-0.15, -0.1) is 0 Å². The fourth-order valence-electron chi connectivity index (χ4n) is 2.28. The molecule has 0 atom stereocenters. The number of carbonyl (C=O) groups is 2. The summed E-state index contributed by atoms with van der Waals surface area (Å²) in [4.78, 5) is 19.8. The van der Waals surface area contributed by atoms with E-state index in [2.05, 4.69) is 27.7 Å². The van der Waals surface area contributed by atoms with Gasteiger partial charge in [0.2, 0.25) is 0 Å². The van der Waals surface area contributed by atoms with Gasteiger partial charge in [-0.2, -0.15) is 0 Å². The van der Waals surface area contributed by atoms with E-state index in [0.717, 1.165) is 51.7 Å². The Morgan fingerprint density at radius 2 is 0.871 bits per heavy atom. The van der Waals surface area contributed by atoms with Crippen molar-refractivity contribution in [1.82, 2.24) is 0 Å². The molecular weight excluding hydrogens is 477 g/mol. The van der Waals surface area contributed by atoms with Crippen molar-refractivity contribution in [1.29, 1.82) is 0 Å². The molecule has 7 heteroatoms. The van der Waals surface area contributed by atoms with E-state index in [1.54, 1.807) is 0 Å². The normalized spacial score (nSPS) is 9.68. The fourth-order valence-corrected chi connectivity index (χ4v) is 3.46. The first-order valence-electron chi connectivity index (χ1n) is 12.3. The summed E-state index contributed by atoms with van der Waals surface area (Å²) < 4.78 is 10.7. The van der Waals surface area contributed by atoms with Gasteiger partial charge in [0.25, 0.3) is 0 Å². The first-order chi connectivity index (χ1) is 15.0. The minimum absolute atomic E-state index is 0.226. The van der Waals surface area contributed by atoms with Crippen molar-refractivity contribution in [3.8, 4) is 0 Å². The second-order valence-corrected chi connectivity index (χ2v) is 9.16. The van der Waals surface area contributed by atoms with E-state index in [9.17, 15) is 19.8 Å². The van der Waals surface area contributed by atoms with Crippen LogP contribution in [0.5, 0.6) is 0 Å². The number of hydrogen-bond acceptors (Lipinski definition) is 6. The number of carboxylic acids is 2. The zero-order chi connectivity index (χ0) is 24.0. The van der Waals surface area contributed by atoms with Crippen LogP contribution in [0.3, 0.4) is 0 Å². The molecule has 0 heterocycles. The van der Waals surface area contributed by atoms with Crippen molar-refractivity contribution in [3.63, 3.8) is 0 Å². The van der Waals surface area contributed by atoms with Crippen LogP contribution in [0.2, 0.25) is 0 Å². The number of rotatable bonds is 20. The molecule has 0 spiro atoms. The van der Waals surface area contributed by atoms with Gasteiger partial charge in [-0.3, -0.25) is 0 Å². The summed E-state index contributed by atoms with van der Waals surface area (Å²) >= 11 is -0.717. The molecule has 0 aromatic rings. The summed E-state index contributed by atoms with van der Waals surface area (Å²) in [6.07, 6.45) is 16.0. The Bertz CT molecular complexity index is 321. The predicted molar refractivity (Wildman–Crippen MR) is 118 cm³/mol. The molecule has 0 bridgehead atoms. The predicted octanol–water partition coefficient (Wildman–Crippen LogP) is 4.73. The minimum atomic E-state index is -0.920. The van der Waals surface area contributed by atoms with Gasteiger partial charge in [0.05, 0.1) is 0 Å². The molecule has 0 radical (unpaired) electrons. The third kappa shape index (κ3) is 48.3. The Morgan fingerprint density at radius 1 is 0.548 bits per heavy atom. The van der Waals surface area contributed by atoms with Gasteiger partial charge in [-0.1, -0.05) is 65.2 Å². The summed E-state index contributed by atoms with van der Waals surface area (Å²) in [6, 6.07) is 0. The van der Waals surface area contributed by atoms with E-state index in [0.29, 0.717) is 0 Å². The van der Waals surface area contributed by atoms with Crippen molar-refractivity contribution in [2.24, 2.45) is 0 Å². The van der Waals surface area contributed by atoms with E-state index >= 15 is 0 Å². The summed E-state index contributed by atoms with van der Waals surface area (Å²) in [5.41, 5.74) is 0. The van der Waals surface area contributed by atoms with Crippen molar-refractivity contribution in [2.75, 3.05) is 13.2 Å². The summed E-state index contributed by atoms with van der Waals surface area (Å²) in [7, 11) is 0. The van der Waals surface area contributed by atoms with Crippen LogP contribution in [0.1, 0.15) is 130 Å². The molecule has 0 aromatic carbocycles. The first kappa shape index (κ1) is 35.2. The van der Waals surface area contributed by atoms with Gasteiger partial charge in [-0.25, -0.2) is 0 Å². The molecule has 6 nitrogen and oxygen atoms in total. The van der Waals surface area contributed by atoms with Crippen LogP contribution in [-0.4, -0.2) is 25.2 Å². The molecule has 0 aliphatic heterocycles. The summed E-state index contributed by atoms with van der Waals surface area (Å²) in [5, 5.41) is 19.8. The van der Waals surface area contributed by atoms with Crippen molar-refractivity contribution in [2.45, 2.75) is 130 Å². The zero-order valence-electron chi connectivity index (χ0n) is 20.6. The monoisotopic (exact) mass is 525 g/mol. The van der Waals surface area contributed by atoms with Crippen LogP contribution in [0, 0.1) is 0 Å². The topological polar surface area (TPSA) is 98.7 Å². The van der Waals surface area contributed by atoms with Crippen LogP contribution in [0.4, 0.5) is 0 Å². The van der Waals surface area contributed by atoms with Gasteiger partial charge < -0.3 is 19.8 Å². The molecule has 0 aliphatic carbocycles. The van der Waals surface area contributed by atoms with E-state index in [1.807, 2.05) is 0 Å². The summed E-state index contributed by atoms with van der Waals surface area (Å²) in [6.45, 7) is 10.4. The Balaban J connectivity index is -0.000000380. The molecule has 31 heavy (non-hydrogen) atoms. The van der Waals surface area contributed by atoms with E-state index < -0.39 is 32.5 Å². The van der Waals surface area contributed by atoms with E-state index in [4.69, 9.17) is 6.49 Å². The van der Waals surface area contributed by atoms with Gasteiger partial charge >= 0.3 is 79.8 Å². The second kappa shape index (κ2) is 34.2. The second-order valence-electron chi connectivity index (χ2n) is 7.52. The maximum atomic E-state index is 9.92. The average Bonchev–Trinajstić information content (AvgIpc) is 2.73. The molecule has 0 fully saturated rings. The van der Waals surface area contributed by atoms with Crippen LogP contribution in [0.25, 0.3) is 0 Å². The standard InChI is InChI=1S/2C8H16O2.2C4H9O.Nb/c2*1-2-3-4-5-6-7-8(9)10;2*1-2-3-4-5;/h2*2-7H2,1H3,(H,9,10);2*2-4H2,1H3;/q;;2*-1;+4/p-2. The van der Waals surface area contributed by atoms with Crippen LogP contribution < -0.4 is 10.2 Å². The van der Waals surface area contributed by atoms with Gasteiger partial charge in [0, 0.05) is 11.9 Å². The Morgan fingerprint density at radius 3 is 1.16 bits per heavy atom. The summed E-state index contributed by atoms with van der Waals surface area (Å²) in [5.74, 6) is -1.84. The fraction of sp³-hybridized carbons (Fsp3) is 0.917. The maximum absolute atomic E-state index is 9.92. The van der Waals surface area contributed by atoms with Gasteiger partial charge in [0.15, 0.2) is 0 Å². The number of unbranched alkanes of at least 4 members (excludes halogenated alkanes) is 10. The SMILES string of the molecule is CCCCCCCC(=O)[O-].CCCCCCCC(=O)[O-].CCCC[O][Nb+2][O]CCCC. The Hall–Kier alpha value is -0.400. The number of hydrogen-bond donors (Lipinski definition) is 0. The quantitative estimate of drug-likeness (QED) is 0.168. The molecule has 0 N–H and O–H groups in total. The average molecular weight is 526 g/mol. The first-order valence-corrected chi connectivity index (χ1v) is 14.1. The molecule has 0 saturated carbocycles. The molecule has 0 aromatic heterocycles. The zero-order valence-corrected chi connectivity index (χ0v) is 22.8. The third-order valence-corrected chi connectivity index (χ3v) is 5.67. The molecule has 0 unspecified atom stereocenters.